The smallest absolute Gasteiger partial charge is 0.116 e. The van der Waals surface area contributed by atoms with Crippen LogP contribution in [-0.2, 0) is 0 Å². The average molecular weight is 273 g/mol. The molecule has 1 aliphatic rings. The molecule has 3 rings (SSSR count). The molecule has 0 spiro atoms. The molecule has 0 saturated heterocycles. The molecule has 3 heterocycles. The second kappa shape index (κ2) is 6.57. The van der Waals surface area contributed by atoms with Crippen molar-refractivity contribution in [1.82, 2.24) is 9.97 Å². The highest BCUT2D eigenvalue weighted by atomic mass is 32.1. The molecule has 0 fully saturated rings. The van der Waals surface area contributed by atoms with E-state index in [2.05, 4.69) is 28.8 Å². The predicted octanol–water partition coefficient (Wildman–Crippen LogP) is 4.53. The van der Waals surface area contributed by atoms with Crippen LogP contribution in [0.2, 0.25) is 0 Å². The van der Waals surface area contributed by atoms with Crippen molar-refractivity contribution in [2.45, 2.75) is 40.0 Å². The second-order valence-corrected chi connectivity index (χ2v) is 5.59. The van der Waals surface area contributed by atoms with E-state index in [1.54, 1.807) is 17.7 Å². The fraction of sp³-hybridized carbons (Fsp3) is 0.400. The maximum atomic E-state index is 4.19. The summed E-state index contributed by atoms with van der Waals surface area (Å²) < 4.78 is 1.20. The van der Waals surface area contributed by atoms with Gasteiger partial charge < -0.3 is 0 Å². The van der Waals surface area contributed by atoms with Crippen LogP contribution in [0, 0.1) is 6.92 Å². The van der Waals surface area contributed by atoms with Crippen LogP contribution in [0.25, 0.3) is 10.2 Å². The summed E-state index contributed by atoms with van der Waals surface area (Å²) in [7, 11) is 0. The SMILES string of the molecule is CCCC1=CN=C(C)C1.Cc1ncnc2ccsc12. The van der Waals surface area contributed by atoms with Crippen LogP contribution in [0.3, 0.4) is 0 Å². The number of thiophene rings is 1. The van der Waals surface area contributed by atoms with Crippen LogP contribution >= 0.6 is 11.3 Å². The predicted molar refractivity (Wildman–Crippen MR) is 82.9 cm³/mol. The number of nitrogens with zero attached hydrogens (tertiary/aromatic N) is 3. The highest BCUT2D eigenvalue weighted by Gasteiger charge is 2.03. The van der Waals surface area contributed by atoms with Crippen molar-refractivity contribution in [1.29, 1.82) is 0 Å². The molecular formula is C15H19N3S. The first-order valence-electron chi connectivity index (χ1n) is 6.56. The molecule has 0 bridgehead atoms. The highest BCUT2D eigenvalue weighted by Crippen LogP contribution is 2.19. The van der Waals surface area contributed by atoms with Crippen molar-refractivity contribution in [3.05, 3.63) is 35.2 Å². The summed E-state index contributed by atoms with van der Waals surface area (Å²) in [6.45, 7) is 6.29. The number of hydrogen-bond acceptors (Lipinski definition) is 4. The van der Waals surface area contributed by atoms with Gasteiger partial charge in [-0.05, 0) is 37.3 Å². The topological polar surface area (TPSA) is 38.1 Å². The Balaban J connectivity index is 0.000000141. The summed E-state index contributed by atoms with van der Waals surface area (Å²) in [5.41, 5.74) is 4.88. The summed E-state index contributed by atoms with van der Waals surface area (Å²) >= 11 is 1.69. The molecule has 0 unspecified atom stereocenters. The standard InChI is InChI=1S/C8H13N.C7H6N2S/c1-3-4-8-5-7(2)9-6-8;1-5-7-6(2-3-10-7)9-4-8-5/h6H,3-5H2,1-2H3;2-4H,1H3. The molecule has 0 amide bonds. The third kappa shape index (κ3) is 3.70. The van der Waals surface area contributed by atoms with E-state index in [4.69, 9.17) is 0 Å². The third-order valence-electron chi connectivity index (χ3n) is 2.94. The first kappa shape index (κ1) is 13.9. The van der Waals surface area contributed by atoms with Gasteiger partial charge in [0.15, 0.2) is 0 Å². The van der Waals surface area contributed by atoms with Crippen LogP contribution in [-0.4, -0.2) is 15.7 Å². The zero-order chi connectivity index (χ0) is 13.7. The zero-order valence-corrected chi connectivity index (χ0v) is 12.5. The van der Waals surface area contributed by atoms with E-state index < -0.39 is 0 Å². The maximum Gasteiger partial charge on any atom is 0.116 e. The Morgan fingerprint density at radius 2 is 2.11 bits per heavy atom. The molecule has 1 aliphatic heterocycles. The number of aryl methyl sites for hydroxylation is 1. The van der Waals surface area contributed by atoms with E-state index in [9.17, 15) is 0 Å². The Bertz CT molecular complexity index is 611. The zero-order valence-electron chi connectivity index (χ0n) is 11.7. The Kier molecular flexibility index (Phi) is 4.80. The van der Waals surface area contributed by atoms with Gasteiger partial charge in [-0.3, -0.25) is 4.99 Å². The molecule has 100 valence electrons. The van der Waals surface area contributed by atoms with E-state index in [1.807, 2.05) is 24.6 Å². The molecule has 2 aromatic heterocycles. The highest BCUT2D eigenvalue weighted by molar-refractivity contribution is 7.17. The Hall–Kier alpha value is -1.55. The van der Waals surface area contributed by atoms with E-state index in [0.29, 0.717) is 0 Å². The van der Waals surface area contributed by atoms with Crippen molar-refractivity contribution >= 4 is 27.3 Å². The van der Waals surface area contributed by atoms with Gasteiger partial charge in [0.25, 0.3) is 0 Å². The third-order valence-corrected chi connectivity index (χ3v) is 3.96. The van der Waals surface area contributed by atoms with Gasteiger partial charge in [-0.2, -0.15) is 0 Å². The number of aliphatic imine (C=N–C) groups is 1. The van der Waals surface area contributed by atoms with E-state index in [0.717, 1.165) is 17.6 Å². The van der Waals surface area contributed by atoms with Crippen LogP contribution in [0.1, 0.15) is 38.8 Å². The largest absolute Gasteiger partial charge is 0.266 e. The Morgan fingerprint density at radius 1 is 1.26 bits per heavy atom. The molecule has 2 aromatic rings. The minimum Gasteiger partial charge on any atom is -0.266 e. The minimum atomic E-state index is 1.05. The van der Waals surface area contributed by atoms with Gasteiger partial charge in [0.05, 0.1) is 15.9 Å². The van der Waals surface area contributed by atoms with Gasteiger partial charge in [-0.15, -0.1) is 11.3 Å². The van der Waals surface area contributed by atoms with Crippen LogP contribution in [0.4, 0.5) is 0 Å². The van der Waals surface area contributed by atoms with Gasteiger partial charge in [0.2, 0.25) is 0 Å². The summed E-state index contributed by atoms with van der Waals surface area (Å²) in [6.07, 6.45) is 7.20. The van der Waals surface area contributed by atoms with Gasteiger partial charge in [-0.25, -0.2) is 9.97 Å². The van der Waals surface area contributed by atoms with Crippen LogP contribution in [0.15, 0.2) is 34.5 Å². The van der Waals surface area contributed by atoms with E-state index >= 15 is 0 Å². The monoisotopic (exact) mass is 273 g/mol. The molecule has 0 N–H and O–H groups in total. The molecule has 4 heteroatoms. The van der Waals surface area contributed by atoms with Gasteiger partial charge in [0.1, 0.15) is 6.33 Å². The lowest BCUT2D eigenvalue weighted by atomic mass is 10.1. The fourth-order valence-corrected chi connectivity index (χ4v) is 2.80. The van der Waals surface area contributed by atoms with E-state index in [1.165, 1.54) is 28.8 Å². The van der Waals surface area contributed by atoms with Crippen LogP contribution < -0.4 is 0 Å². The molecule has 0 atom stereocenters. The molecule has 0 aromatic carbocycles. The number of rotatable bonds is 2. The molecule has 3 nitrogen and oxygen atoms in total. The molecular weight excluding hydrogens is 254 g/mol. The van der Waals surface area contributed by atoms with Crippen molar-refractivity contribution in [3.63, 3.8) is 0 Å². The van der Waals surface area contributed by atoms with Crippen LogP contribution in [0.5, 0.6) is 0 Å². The van der Waals surface area contributed by atoms with Crippen molar-refractivity contribution < 1.29 is 0 Å². The Morgan fingerprint density at radius 3 is 2.74 bits per heavy atom. The van der Waals surface area contributed by atoms with Crippen molar-refractivity contribution in [2.75, 3.05) is 0 Å². The second-order valence-electron chi connectivity index (χ2n) is 4.67. The minimum absolute atomic E-state index is 1.05. The normalized spacial score (nSPS) is 13.8. The first-order chi connectivity index (χ1) is 9.20. The fourth-order valence-electron chi connectivity index (χ4n) is 2.01. The van der Waals surface area contributed by atoms with Crippen molar-refractivity contribution in [2.24, 2.45) is 4.99 Å². The molecule has 19 heavy (non-hydrogen) atoms. The lowest BCUT2D eigenvalue weighted by molar-refractivity contribution is 0.893. The first-order valence-corrected chi connectivity index (χ1v) is 7.44. The number of aromatic nitrogens is 2. The van der Waals surface area contributed by atoms with Gasteiger partial charge in [-0.1, -0.05) is 13.3 Å². The Labute approximate surface area is 118 Å². The molecule has 0 saturated carbocycles. The quantitative estimate of drug-likeness (QED) is 0.806. The summed E-state index contributed by atoms with van der Waals surface area (Å²) in [5.74, 6) is 0. The number of fused-ring (bicyclic) bond motifs is 1. The lowest BCUT2D eigenvalue weighted by Gasteiger charge is -1.94. The number of hydrogen-bond donors (Lipinski definition) is 0. The maximum absolute atomic E-state index is 4.19. The summed E-state index contributed by atoms with van der Waals surface area (Å²) in [4.78, 5) is 12.4. The summed E-state index contributed by atoms with van der Waals surface area (Å²) in [6, 6.07) is 2.01. The lowest BCUT2D eigenvalue weighted by Crippen LogP contribution is -1.86. The average Bonchev–Trinajstić information content (AvgIpc) is 3.00. The summed E-state index contributed by atoms with van der Waals surface area (Å²) in [5, 5.41) is 2.03. The molecule has 0 aliphatic carbocycles. The number of allylic oxidation sites excluding steroid dienone is 1. The van der Waals surface area contributed by atoms with E-state index in [-0.39, 0.29) is 0 Å². The molecule has 0 radical (unpaired) electrons. The van der Waals surface area contributed by atoms with Gasteiger partial charge >= 0.3 is 0 Å². The van der Waals surface area contributed by atoms with Gasteiger partial charge in [0, 0.05) is 18.3 Å². The van der Waals surface area contributed by atoms with Crippen molar-refractivity contribution in [3.8, 4) is 0 Å².